The molecule has 0 saturated carbocycles. The molecule has 1 saturated heterocycles. The van der Waals surface area contributed by atoms with Crippen molar-refractivity contribution < 1.29 is 33.6 Å². The number of aryl methyl sites for hydroxylation is 1. The van der Waals surface area contributed by atoms with Gasteiger partial charge in [0.25, 0.3) is 11.7 Å². The lowest BCUT2D eigenvalue weighted by Gasteiger charge is -2.26. The van der Waals surface area contributed by atoms with Crippen molar-refractivity contribution in [2.45, 2.75) is 19.9 Å². The molecule has 3 aromatic rings. The molecule has 3 aromatic carbocycles. The third-order valence-electron chi connectivity index (χ3n) is 6.19. The van der Waals surface area contributed by atoms with E-state index in [9.17, 15) is 14.7 Å². The number of hydrogen-bond acceptors (Lipinski definition) is 7. The zero-order valence-corrected chi connectivity index (χ0v) is 21.4. The van der Waals surface area contributed by atoms with Crippen molar-refractivity contribution in [1.29, 1.82) is 0 Å². The largest absolute Gasteiger partial charge is 0.506 e. The molecule has 1 unspecified atom stereocenters. The van der Waals surface area contributed by atoms with Gasteiger partial charge in [-0.15, -0.1) is 0 Å². The van der Waals surface area contributed by atoms with Gasteiger partial charge in [-0.3, -0.25) is 14.5 Å². The summed E-state index contributed by atoms with van der Waals surface area (Å²) in [6.45, 7) is 4.19. The SMILES string of the molecule is CCOc1ccc(C2/C(=C(\O)c3c(OC)cccc3OC)C(=O)C(=O)N2c2cccc(C)c2)cc1OC. The summed E-state index contributed by atoms with van der Waals surface area (Å²) in [4.78, 5) is 28.4. The number of carbonyl (C=O) groups is 2. The molecule has 1 aliphatic rings. The van der Waals surface area contributed by atoms with Gasteiger partial charge in [-0.2, -0.15) is 0 Å². The maximum atomic E-state index is 13.5. The molecule has 0 spiro atoms. The number of hydrogen-bond donors (Lipinski definition) is 1. The van der Waals surface area contributed by atoms with Crippen molar-refractivity contribution in [1.82, 2.24) is 0 Å². The second-order valence-corrected chi connectivity index (χ2v) is 8.39. The van der Waals surface area contributed by atoms with Crippen LogP contribution in [0.5, 0.6) is 23.0 Å². The van der Waals surface area contributed by atoms with Gasteiger partial charge in [-0.1, -0.05) is 24.3 Å². The van der Waals surface area contributed by atoms with Crippen LogP contribution in [0.25, 0.3) is 5.76 Å². The number of rotatable bonds is 8. The van der Waals surface area contributed by atoms with E-state index < -0.39 is 23.5 Å². The summed E-state index contributed by atoms with van der Waals surface area (Å²) >= 11 is 0. The first kappa shape index (κ1) is 25.6. The molecular weight excluding hydrogens is 474 g/mol. The van der Waals surface area contributed by atoms with Crippen molar-refractivity contribution in [2.75, 3.05) is 32.8 Å². The van der Waals surface area contributed by atoms with E-state index in [0.717, 1.165) is 5.56 Å². The van der Waals surface area contributed by atoms with Gasteiger partial charge in [0, 0.05) is 5.69 Å². The van der Waals surface area contributed by atoms with E-state index in [-0.39, 0.29) is 11.1 Å². The maximum Gasteiger partial charge on any atom is 0.300 e. The topological polar surface area (TPSA) is 94.5 Å². The Labute approximate surface area is 215 Å². The van der Waals surface area contributed by atoms with Crippen LogP contribution >= 0.6 is 0 Å². The van der Waals surface area contributed by atoms with E-state index in [0.29, 0.717) is 40.9 Å². The van der Waals surface area contributed by atoms with Crippen LogP contribution in [0.3, 0.4) is 0 Å². The highest BCUT2D eigenvalue weighted by Gasteiger charge is 2.47. The van der Waals surface area contributed by atoms with Gasteiger partial charge >= 0.3 is 0 Å². The lowest BCUT2D eigenvalue weighted by molar-refractivity contribution is -0.132. The standard InChI is InChI=1S/C29H29NO7/c1-6-37-20-14-13-18(16-23(20)36-5)26-25(27(31)24-21(34-3)11-8-12-22(24)35-4)28(32)29(33)30(26)19-10-7-9-17(2)15-19/h7-16,26,31H,6H2,1-5H3/b27-25+. The number of benzene rings is 3. The average Bonchev–Trinajstić information content (AvgIpc) is 3.18. The van der Waals surface area contributed by atoms with Gasteiger partial charge in [-0.05, 0) is 61.4 Å². The number of anilines is 1. The molecule has 4 rings (SSSR count). The minimum Gasteiger partial charge on any atom is -0.506 e. The van der Waals surface area contributed by atoms with Gasteiger partial charge in [0.05, 0.1) is 39.6 Å². The summed E-state index contributed by atoms with van der Waals surface area (Å²) < 4.78 is 22.1. The lowest BCUT2D eigenvalue weighted by atomic mass is 9.94. The third kappa shape index (κ3) is 4.58. The molecule has 1 aliphatic heterocycles. The number of ether oxygens (including phenoxy) is 4. The van der Waals surface area contributed by atoms with Crippen LogP contribution in [0, 0.1) is 6.92 Å². The fraction of sp³-hybridized carbons (Fsp3) is 0.241. The van der Waals surface area contributed by atoms with Gasteiger partial charge in [0.2, 0.25) is 0 Å². The van der Waals surface area contributed by atoms with Crippen LogP contribution in [0.15, 0.2) is 66.2 Å². The van der Waals surface area contributed by atoms with E-state index in [1.54, 1.807) is 42.5 Å². The molecule has 192 valence electrons. The Kier molecular flexibility index (Phi) is 7.38. The number of nitrogens with zero attached hydrogens (tertiary/aromatic N) is 1. The molecular formula is C29H29NO7. The summed E-state index contributed by atoms with van der Waals surface area (Å²) in [6.07, 6.45) is 0. The van der Waals surface area contributed by atoms with E-state index in [4.69, 9.17) is 18.9 Å². The first-order chi connectivity index (χ1) is 17.9. The van der Waals surface area contributed by atoms with E-state index in [1.807, 2.05) is 32.0 Å². The van der Waals surface area contributed by atoms with Crippen molar-refractivity contribution in [3.63, 3.8) is 0 Å². The number of carbonyl (C=O) groups excluding carboxylic acids is 2. The highest BCUT2D eigenvalue weighted by atomic mass is 16.5. The minimum absolute atomic E-state index is 0.0967. The Balaban J connectivity index is 2.02. The molecule has 0 aliphatic carbocycles. The normalized spacial score (nSPS) is 16.6. The Bertz CT molecular complexity index is 1360. The number of Topliss-reactive ketones (excluding diaryl/α,β-unsaturated/α-hetero) is 1. The Morgan fingerprint density at radius 1 is 0.865 bits per heavy atom. The molecule has 0 aromatic heterocycles. The zero-order chi connectivity index (χ0) is 26.7. The summed E-state index contributed by atoms with van der Waals surface area (Å²) in [5, 5.41) is 11.6. The highest BCUT2D eigenvalue weighted by molar-refractivity contribution is 6.51. The zero-order valence-electron chi connectivity index (χ0n) is 21.4. The monoisotopic (exact) mass is 503 g/mol. The molecule has 0 bridgehead atoms. The fourth-order valence-corrected chi connectivity index (χ4v) is 4.54. The molecule has 8 nitrogen and oxygen atoms in total. The summed E-state index contributed by atoms with van der Waals surface area (Å²) in [5.74, 6) is -0.454. The van der Waals surface area contributed by atoms with Gasteiger partial charge in [0.15, 0.2) is 11.5 Å². The van der Waals surface area contributed by atoms with E-state index in [2.05, 4.69) is 0 Å². The quantitative estimate of drug-likeness (QED) is 0.261. The number of aliphatic hydroxyl groups is 1. The number of methoxy groups -OCH3 is 3. The molecule has 8 heteroatoms. The maximum absolute atomic E-state index is 13.5. The highest BCUT2D eigenvalue weighted by Crippen LogP contribution is 2.46. The Morgan fingerprint density at radius 2 is 1.51 bits per heavy atom. The third-order valence-corrected chi connectivity index (χ3v) is 6.19. The minimum atomic E-state index is -0.957. The van der Waals surface area contributed by atoms with Crippen LogP contribution in [0.2, 0.25) is 0 Å². The number of amides is 1. The van der Waals surface area contributed by atoms with Crippen molar-refractivity contribution >= 4 is 23.1 Å². The second kappa shape index (κ2) is 10.7. The number of ketones is 1. The molecule has 1 atom stereocenters. The van der Waals surface area contributed by atoms with Crippen LogP contribution in [0.4, 0.5) is 5.69 Å². The Morgan fingerprint density at radius 3 is 2.11 bits per heavy atom. The predicted octanol–water partition coefficient (Wildman–Crippen LogP) is 5.05. The summed E-state index contributed by atoms with van der Waals surface area (Å²) in [6, 6.07) is 16.5. The Hall–Kier alpha value is -4.46. The van der Waals surface area contributed by atoms with Gasteiger partial charge in [-0.25, -0.2) is 0 Å². The number of aliphatic hydroxyl groups excluding tert-OH is 1. The van der Waals surface area contributed by atoms with Crippen LogP contribution in [-0.2, 0) is 9.59 Å². The fourth-order valence-electron chi connectivity index (χ4n) is 4.54. The van der Waals surface area contributed by atoms with Crippen molar-refractivity contribution in [2.24, 2.45) is 0 Å². The molecule has 0 radical (unpaired) electrons. The van der Waals surface area contributed by atoms with Crippen LogP contribution < -0.4 is 23.8 Å². The summed E-state index contributed by atoms with van der Waals surface area (Å²) in [5.41, 5.74) is 2.06. The van der Waals surface area contributed by atoms with Crippen LogP contribution in [-0.4, -0.2) is 44.7 Å². The first-order valence-electron chi connectivity index (χ1n) is 11.8. The van der Waals surface area contributed by atoms with Gasteiger partial charge in [0.1, 0.15) is 22.8 Å². The molecule has 1 heterocycles. The molecule has 37 heavy (non-hydrogen) atoms. The molecule has 1 amide bonds. The van der Waals surface area contributed by atoms with Gasteiger partial charge < -0.3 is 24.1 Å². The van der Waals surface area contributed by atoms with E-state index in [1.165, 1.54) is 26.2 Å². The smallest absolute Gasteiger partial charge is 0.300 e. The average molecular weight is 504 g/mol. The van der Waals surface area contributed by atoms with Crippen LogP contribution in [0.1, 0.15) is 29.7 Å². The molecule has 1 fully saturated rings. The molecule has 1 N–H and O–H groups in total. The second-order valence-electron chi connectivity index (χ2n) is 8.39. The summed E-state index contributed by atoms with van der Waals surface area (Å²) in [7, 11) is 4.41. The first-order valence-corrected chi connectivity index (χ1v) is 11.8. The van der Waals surface area contributed by atoms with Crippen molar-refractivity contribution in [3.8, 4) is 23.0 Å². The van der Waals surface area contributed by atoms with Crippen molar-refractivity contribution in [3.05, 3.63) is 82.9 Å². The van der Waals surface area contributed by atoms with E-state index >= 15 is 0 Å². The predicted molar refractivity (Wildman–Crippen MR) is 140 cm³/mol. The lowest BCUT2D eigenvalue weighted by Crippen LogP contribution is -2.29.